The zero-order chi connectivity index (χ0) is 15.6. The third-order valence-corrected chi connectivity index (χ3v) is 3.71. The predicted molar refractivity (Wildman–Crippen MR) is 91.4 cm³/mol. The van der Waals surface area contributed by atoms with E-state index in [2.05, 4.69) is 15.3 Å². The molecule has 4 nitrogen and oxygen atoms in total. The fourth-order valence-electron chi connectivity index (χ4n) is 2.57. The van der Waals surface area contributed by atoms with E-state index in [0.29, 0.717) is 11.4 Å². The molecule has 4 aromatic rings. The minimum absolute atomic E-state index is 0.175. The van der Waals surface area contributed by atoms with Crippen LogP contribution in [-0.4, -0.2) is 15.9 Å². The van der Waals surface area contributed by atoms with Crippen molar-refractivity contribution in [3.05, 3.63) is 78.5 Å². The number of hydrogen-bond donors (Lipinski definition) is 1. The number of nitrogens with one attached hydrogen (secondary N) is 1. The lowest BCUT2D eigenvalue weighted by Gasteiger charge is -2.07. The van der Waals surface area contributed by atoms with E-state index in [9.17, 15) is 4.79 Å². The van der Waals surface area contributed by atoms with Crippen molar-refractivity contribution in [1.29, 1.82) is 0 Å². The highest BCUT2D eigenvalue weighted by atomic mass is 16.1. The molecule has 0 bridgehead atoms. The van der Waals surface area contributed by atoms with Gasteiger partial charge in [0.1, 0.15) is 5.82 Å². The Hall–Kier alpha value is -3.27. The molecule has 0 aliphatic rings. The van der Waals surface area contributed by atoms with Crippen LogP contribution in [0.15, 0.2) is 72.9 Å². The van der Waals surface area contributed by atoms with E-state index in [-0.39, 0.29) is 5.91 Å². The molecule has 0 aliphatic carbocycles. The molecule has 0 atom stereocenters. The van der Waals surface area contributed by atoms with Gasteiger partial charge in [-0.3, -0.25) is 9.78 Å². The highest BCUT2D eigenvalue weighted by Gasteiger charge is 2.08. The normalized spacial score (nSPS) is 10.8. The SMILES string of the molecule is O=C(Nc1ccc2ccc3cccnc3c2n1)c1ccccc1. The van der Waals surface area contributed by atoms with Gasteiger partial charge >= 0.3 is 0 Å². The summed E-state index contributed by atoms with van der Waals surface area (Å²) in [7, 11) is 0. The number of carbonyl (C=O) groups is 1. The van der Waals surface area contributed by atoms with Crippen molar-refractivity contribution in [1.82, 2.24) is 9.97 Å². The van der Waals surface area contributed by atoms with Gasteiger partial charge in [0.15, 0.2) is 0 Å². The van der Waals surface area contributed by atoms with E-state index in [1.165, 1.54) is 0 Å². The number of anilines is 1. The number of carbonyl (C=O) groups excluding carboxylic acids is 1. The summed E-state index contributed by atoms with van der Waals surface area (Å²) in [5.74, 6) is 0.343. The maximum atomic E-state index is 12.2. The summed E-state index contributed by atoms with van der Waals surface area (Å²) in [6.45, 7) is 0. The maximum Gasteiger partial charge on any atom is 0.256 e. The van der Waals surface area contributed by atoms with Crippen LogP contribution >= 0.6 is 0 Å². The van der Waals surface area contributed by atoms with Crippen LogP contribution in [0, 0.1) is 0 Å². The number of pyridine rings is 2. The molecular weight excluding hydrogens is 286 g/mol. The number of amides is 1. The fourth-order valence-corrected chi connectivity index (χ4v) is 2.57. The van der Waals surface area contributed by atoms with Gasteiger partial charge in [0.05, 0.1) is 11.0 Å². The number of nitrogens with zero attached hydrogens (tertiary/aromatic N) is 2. The van der Waals surface area contributed by atoms with Gasteiger partial charge in [-0.2, -0.15) is 0 Å². The first-order valence-electron chi connectivity index (χ1n) is 7.32. The summed E-state index contributed by atoms with van der Waals surface area (Å²) < 4.78 is 0. The molecule has 2 heterocycles. The zero-order valence-corrected chi connectivity index (χ0v) is 12.2. The Morgan fingerprint density at radius 1 is 0.783 bits per heavy atom. The average Bonchev–Trinajstić information content (AvgIpc) is 2.62. The lowest BCUT2D eigenvalue weighted by molar-refractivity contribution is 0.102. The first-order chi connectivity index (χ1) is 11.3. The number of rotatable bonds is 2. The van der Waals surface area contributed by atoms with Gasteiger partial charge in [-0.25, -0.2) is 4.98 Å². The van der Waals surface area contributed by atoms with Crippen molar-refractivity contribution in [3.63, 3.8) is 0 Å². The van der Waals surface area contributed by atoms with Crippen molar-refractivity contribution in [2.24, 2.45) is 0 Å². The molecule has 0 radical (unpaired) electrons. The van der Waals surface area contributed by atoms with Gasteiger partial charge < -0.3 is 5.32 Å². The summed E-state index contributed by atoms with van der Waals surface area (Å²) >= 11 is 0. The van der Waals surface area contributed by atoms with E-state index in [1.54, 1.807) is 24.4 Å². The molecule has 2 aromatic heterocycles. The average molecular weight is 299 g/mol. The van der Waals surface area contributed by atoms with E-state index in [0.717, 1.165) is 21.8 Å². The van der Waals surface area contributed by atoms with Crippen LogP contribution in [0.3, 0.4) is 0 Å². The van der Waals surface area contributed by atoms with Crippen molar-refractivity contribution in [3.8, 4) is 0 Å². The first kappa shape index (κ1) is 13.4. The summed E-state index contributed by atoms with van der Waals surface area (Å²) in [5.41, 5.74) is 2.22. The number of hydrogen-bond acceptors (Lipinski definition) is 3. The third kappa shape index (κ3) is 2.51. The molecule has 0 spiro atoms. The topological polar surface area (TPSA) is 54.9 Å². The number of fused-ring (bicyclic) bond motifs is 3. The van der Waals surface area contributed by atoms with Gasteiger partial charge in [0.2, 0.25) is 0 Å². The zero-order valence-electron chi connectivity index (χ0n) is 12.2. The molecule has 0 aliphatic heterocycles. The lowest BCUT2D eigenvalue weighted by Crippen LogP contribution is -2.12. The Morgan fingerprint density at radius 3 is 2.35 bits per heavy atom. The Morgan fingerprint density at radius 2 is 1.52 bits per heavy atom. The van der Waals surface area contributed by atoms with E-state index in [1.807, 2.05) is 48.5 Å². The van der Waals surface area contributed by atoms with Crippen LogP contribution < -0.4 is 5.32 Å². The Kier molecular flexibility index (Phi) is 3.20. The Bertz CT molecular complexity index is 1010. The molecule has 4 heteroatoms. The summed E-state index contributed by atoms with van der Waals surface area (Å²) in [6.07, 6.45) is 1.75. The quantitative estimate of drug-likeness (QED) is 0.568. The molecule has 4 rings (SSSR count). The molecule has 0 saturated heterocycles. The highest BCUT2D eigenvalue weighted by molar-refractivity contribution is 6.06. The van der Waals surface area contributed by atoms with Gasteiger partial charge in [0, 0.05) is 22.5 Å². The molecule has 1 N–H and O–H groups in total. The highest BCUT2D eigenvalue weighted by Crippen LogP contribution is 2.23. The first-order valence-corrected chi connectivity index (χ1v) is 7.32. The smallest absolute Gasteiger partial charge is 0.256 e. The third-order valence-electron chi connectivity index (χ3n) is 3.71. The predicted octanol–water partition coefficient (Wildman–Crippen LogP) is 4.04. The van der Waals surface area contributed by atoms with Crippen molar-refractivity contribution in [2.75, 3.05) is 5.32 Å². The minimum Gasteiger partial charge on any atom is -0.307 e. The summed E-state index contributed by atoms with van der Waals surface area (Å²) in [4.78, 5) is 21.2. The standard InChI is InChI=1S/C19H13N3O/c23-19(15-5-2-1-3-6-15)22-16-11-10-14-9-8-13-7-4-12-20-17(13)18(14)21-16/h1-12H,(H,21,22,23). The number of aromatic nitrogens is 2. The molecule has 110 valence electrons. The van der Waals surface area contributed by atoms with E-state index in [4.69, 9.17) is 0 Å². The molecule has 23 heavy (non-hydrogen) atoms. The van der Waals surface area contributed by atoms with Crippen LogP contribution in [0.1, 0.15) is 10.4 Å². The van der Waals surface area contributed by atoms with Crippen molar-refractivity contribution < 1.29 is 4.79 Å². The van der Waals surface area contributed by atoms with Crippen molar-refractivity contribution in [2.45, 2.75) is 0 Å². The van der Waals surface area contributed by atoms with E-state index < -0.39 is 0 Å². The van der Waals surface area contributed by atoms with Crippen LogP contribution in [-0.2, 0) is 0 Å². The van der Waals surface area contributed by atoms with Crippen molar-refractivity contribution >= 4 is 33.5 Å². The van der Waals surface area contributed by atoms with Crippen LogP contribution in [0.25, 0.3) is 21.8 Å². The Labute approximate surface area is 132 Å². The Balaban J connectivity index is 1.76. The van der Waals surface area contributed by atoms with Gasteiger partial charge in [-0.05, 0) is 30.3 Å². The minimum atomic E-state index is -0.175. The molecule has 2 aromatic carbocycles. The fraction of sp³-hybridized carbons (Fsp3) is 0. The number of benzene rings is 2. The molecule has 1 amide bonds. The second-order valence-corrected chi connectivity index (χ2v) is 5.23. The van der Waals surface area contributed by atoms with Crippen LogP contribution in [0.2, 0.25) is 0 Å². The van der Waals surface area contributed by atoms with Gasteiger partial charge in [-0.15, -0.1) is 0 Å². The maximum absolute atomic E-state index is 12.2. The molecule has 0 fully saturated rings. The van der Waals surface area contributed by atoms with Gasteiger partial charge in [-0.1, -0.05) is 36.4 Å². The second kappa shape index (κ2) is 5.50. The molecule has 0 unspecified atom stereocenters. The molecular formula is C19H13N3O. The second-order valence-electron chi connectivity index (χ2n) is 5.23. The summed E-state index contributed by atoms with van der Waals surface area (Å²) in [5, 5.41) is 4.86. The summed E-state index contributed by atoms with van der Waals surface area (Å²) in [6, 6.07) is 20.8. The largest absolute Gasteiger partial charge is 0.307 e. The monoisotopic (exact) mass is 299 g/mol. The van der Waals surface area contributed by atoms with Gasteiger partial charge in [0.25, 0.3) is 5.91 Å². The molecule has 0 saturated carbocycles. The lowest BCUT2D eigenvalue weighted by atomic mass is 10.1. The van der Waals surface area contributed by atoms with Crippen LogP contribution in [0.5, 0.6) is 0 Å². The van der Waals surface area contributed by atoms with Crippen LogP contribution in [0.4, 0.5) is 5.82 Å². The van der Waals surface area contributed by atoms with E-state index >= 15 is 0 Å².